The van der Waals surface area contributed by atoms with Crippen molar-refractivity contribution in [2.75, 3.05) is 0 Å². The van der Waals surface area contributed by atoms with Gasteiger partial charge in [0.25, 0.3) is 0 Å². The van der Waals surface area contributed by atoms with Gasteiger partial charge in [-0.3, -0.25) is 0 Å². The second kappa shape index (κ2) is 11.9. The first kappa shape index (κ1) is 29.0. The zero-order valence-corrected chi connectivity index (χ0v) is 27.5. The lowest BCUT2D eigenvalue weighted by Crippen LogP contribution is -2.01. The summed E-state index contributed by atoms with van der Waals surface area (Å²) in [6.07, 6.45) is 0. The molecule has 0 fully saturated rings. The molecule has 2 heterocycles. The summed E-state index contributed by atoms with van der Waals surface area (Å²) in [6.45, 7) is 0. The van der Waals surface area contributed by atoms with Gasteiger partial charge in [-0.05, 0) is 74.8 Å². The van der Waals surface area contributed by atoms with E-state index >= 15 is 0 Å². The molecule has 10 aromatic rings. The Hall–Kier alpha value is -6.91. The Balaban J connectivity index is 1.26. The highest BCUT2D eigenvalue weighted by molar-refractivity contribution is 6.21. The summed E-state index contributed by atoms with van der Waals surface area (Å²) in [5.74, 6) is 1.82. The third kappa shape index (κ3) is 5.13. The molecule has 0 aliphatic carbocycles. The molecule has 2 aromatic heterocycles. The fourth-order valence-electron chi connectivity index (χ4n) is 7.16. The molecule has 0 aliphatic rings. The van der Waals surface area contributed by atoms with Crippen molar-refractivity contribution in [2.24, 2.45) is 0 Å². The summed E-state index contributed by atoms with van der Waals surface area (Å²) in [4.78, 5) is 15.6. The fraction of sp³-hybridized carbons (Fsp3) is 0. The molecule has 4 heteroatoms. The molecule has 0 atom stereocenters. The Bertz CT molecular complexity index is 2910. The molecular formula is C47H29N3O. The minimum absolute atomic E-state index is 0.594. The molecular weight excluding hydrogens is 623 g/mol. The Morgan fingerprint density at radius 3 is 1.69 bits per heavy atom. The second-order valence-electron chi connectivity index (χ2n) is 12.8. The zero-order valence-electron chi connectivity index (χ0n) is 27.5. The van der Waals surface area contributed by atoms with Crippen LogP contribution in [0.2, 0.25) is 0 Å². The Morgan fingerprint density at radius 2 is 0.902 bits per heavy atom. The van der Waals surface area contributed by atoms with Gasteiger partial charge >= 0.3 is 0 Å². The van der Waals surface area contributed by atoms with Crippen LogP contribution in [0.15, 0.2) is 180 Å². The number of hydrogen-bond donors (Lipinski definition) is 0. The van der Waals surface area contributed by atoms with Crippen LogP contribution in [0.4, 0.5) is 0 Å². The van der Waals surface area contributed by atoms with Crippen molar-refractivity contribution in [3.8, 4) is 56.4 Å². The SMILES string of the molecule is c1ccc(-c2cccc(-c3nc(-c4ccc5ccccc5c4)nc(-c4cc5cc(-c6ccccc6)ccc5c5oc6ccccc6c45)n3)c2)cc1. The van der Waals surface area contributed by atoms with Crippen LogP contribution in [0.3, 0.4) is 0 Å². The van der Waals surface area contributed by atoms with E-state index in [4.69, 9.17) is 19.4 Å². The molecule has 0 bridgehead atoms. The predicted molar refractivity (Wildman–Crippen MR) is 209 cm³/mol. The number of nitrogens with zero attached hydrogens (tertiary/aromatic N) is 3. The van der Waals surface area contributed by atoms with Crippen molar-refractivity contribution in [2.45, 2.75) is 0 Å². The highest BCUT2D eigenvalue weighted by atomic mass is 16.3. The van der Waals surface area contributed by atoms with Gasteiger partial charge < -0.3 is 4.42 Å². The second-order valence-corrected chi connectivity index (χ2v) is 12.8. The summed E-state index contributed by atoms with van der Waals surface area (Å²) in [7, 11) is 0. The molecule has 0 amide bonds. The predicted octanol–water partition coefficient (Wildman–Crippen LogP) is 12.4. The number of benzene rings is 8. The monoisotopic (exact) mass is 651 g/mol. The van der Waals surface area contributed by atoms with Crippen LogP contribution < -0.4 is 0 Å². The number of furan rings is 1. The normalized spacial score (nSPS) is 11.5. The number of rotatable bonds is 5. The Morgan fingerprint density at radius 1 is 0.333 bits per heavy atom. The van der Waals surface area contributed by atoms with Gasteiger partial charge in [0, 0.05) is 32.8 Å². The van der Waals surface area contributed by atoms with E-state index in [-0.39, 0.29) is 0 Å². The molecule has 0 aliphatic heterocycles. The maximum Gasteiger partial charge on any atom is 0.164 e. The summed E-state index contributed by atoms with van der Waals surface area (Å²) in [5.41, 5.74) is 8.93. The molecule has 0 radical (unpaired) electrons. The number of fused-ring (bicyclic) bond motifs is 6. The average molecular weight is 652 g/mol. The van der Waals surface area contributed by atoms with Crippen LogP contribution in [-0.4, -0.2) is 15.0 Å². The minimum atomic E-state index is 0.594. The van der Waals surface area contributed by atoms with Gasteiger partial charge in [0.2, 0.25) is 0 Å². The fourth-order valence-corrected chi connectivity index (χ4v) is 7.16. The summed E-state index contributed by atoms with van der Waals surface area (Å²) >= 11 is 0. The van der Waals surface area contributed by atoms with Crippen molar-refractivity contribution in [1.82, 2.24) is 15.0 Å². The summed E-state index contributed by atoms with van der Waals surface area (Å²) in [6, 6.07) is 61.0. The van der Waals surface area contributed by atoms with Crippen LogP contribution in [0.1, 0.15) is 0 Å². The molecule has 0 saturated heterocycles. The topological polar surface area (TPSA) is 51.8 Å². The third-order valence-corrected chi connectivity index (χ3v) is 9.68. The molecule has 0 unspecified atom stereocenters. The lowest BCUT2D eigenvalue weighted by Gasteiger charge is -2.12. The highest BCUT2D eigenvalue weighted by Crippen LogP contribution is 2.42. The smallest absolute Gasteiger partial charge is 0.164 e. The van der Waals surface area contributed by atoms with Crippen molar-refractivity contribution in [3.63, 3.8) is 0 Å². The Kier molecular flexibility index (Phi) is 6.78. The van der Waals surface area contributed by atoms with Crippen LogP contribution in [0.25, 0.3) is 99.9 Å². The van der Waals surface area contributed by atoms with E-state index in [0.717, 1.165) is 77.0 Å². The van der Waals surface area contributed by atoms with Gasteiger partial charge in [-0.1, -0.05) is 140 Å². The van der Waals surface area contributed by atoms with E-state index in [1.807, 2.05) is 24.3 Å². The summed E-state index contributed by atoms with van der Waals surface area (Å²) in [5, 5.41) is 6.41. The van der Waals surface area contributed by atoms with Gasteiger partial charge in [-0.15, -0.1) is 0 Å². The van der Waals surface area contributed by atoms with Crippen LogP contribution in [-0.2, 0) is 0 Å². The molecule has 0 saturated carbocycles. The van der Waals surface area contributed by atoms with Gasteiger partial charge in [-0.25, -0.2) is 15.0 Å². The highest BCUT2D eigenvalue weighted by Gasteiger charge is 2.21. The molecule has 238 valence electrons. The number of aromatic nitrogens is 3. The molecule has 0 N–H and O–H groups in total. The molecule has 10 rings (SSSR count). The molecule has 0 spiro atoms. The van der Waals surface area contributed by atoms with Crippen molar-refractivity contribution in [1.29, 1.82) is 0 Å². The molecule has 4 nitrogen and oxygen atoms in total. The van der Waals surface area contributed by atoms with E-state index in [1.54, 1.807) is 0 Å². The quantitative estimate of drug-likeness (QED) is 0.186. The van der Waals surface area contributed by atoms with Gasteiger partial charge in [0.05, 0.1) is 0 Å². The lowest BCUT2D eigenvalue weighted by molar-refractivity contribution is 0.672. The number of para-hydroxylation sites is 1. The standard InChI is InChI=1S/C47H29N3O/c1-3-12-30(13-4-1)34-18-11-19-36(26-34)45-48-46(37-23-22-32-16-7-8-17-33(32)27-37)50-47(49-45)41-29-38-28-35(31-14-5-2-6-15-31)24-25-39(38)44-43(41)40-20-9-10-21-42(40)51-44/h1-29H. The first-order valence-corrected chi connectivity index (χ1v) is 17.1. The first-order chi connectivity index (χ1) is 25.2. The third-order valence-electron chi connectivity index (χ3n) is 9.68. The van der Waals surface area contributed by atoms with Gasteiger partial charge in [0.1, 0.15) is 11.2 Å². The first-order valence-electron chi connectivity index (χ1n) is 17.1. The zero-order chi connectivity index (χ0) is 33.7. The number of hydrogen-bond acceptors (Lipinski definition) is 4. The largest absolute Gasteiger partial charge is 0.455 e. The molecule has 51 heavy (non-hydrogen) atoms. The Labute approximate surface area is 294 Å². The van der Waals surface area contributed by atoms with E-state index in [0.29, 0.717) is 17.5 Å². The van der Waals surface area contributed by atoms with Crippen LogP contribution in [0, 0.1) is 0 Å². The minimum Gasteiger partial charge on any atom is -0.455 e. The molecule has 8 aromatic carbocycles. The van der Waals surface area contributed by atoms with Gasteiger partial charge in [0.15, 0.2) is 17.5 Å². The van der Waals surface area contributed by atoms with Crippen LogP contribution in [0.5, 0.6) is 0 Å². The van der Waals surface area contributed by atoms with E-state index in [9.17, 15) is 0 Å². The van der Waals surface area contributed by atoms with E-state index in [1.165, 1.54) is 5.39 Å². The lowest BCUT2D eigenvalue weighted by atomic mass is 9.96. The van der Waals surface area contributed by atoms with Gasteiger partial charge in [-0.2, -0.15) is 0 Å². The van der Waals surface area contributed by atoms with E-state index in [2.05, 4.69) is 152 Å². The van der Waals surface area contributed by atoms with Crippen molar-refractivity contribution < 1.29 is 4.42 Å². The van der Waals surface area contributed by atoms with Crippen molar-refractivity contribution >= 4 is 43.5 Å². The summed E-state index contributed by atoms with van der Waals surface area (Å²) < 4.78 is 6.64. The maximum atomic E-state index is 6.64. The van der Waals surface area contributed by atoms with Crippen LogP contribution >= 0.6 is 0 Å². The maximum absolute atomic E-state index is 6.64. The average Bonchev–Trinajstić information content (AvgIpc) is 3.61. The van der Waals surface area contributed by atoms with E-state index < -0.39 is 0 Å². The van der Waals surface area contributed by atoms with Crippen molar-refractivity contribution in [3.05, 3.63) is 176 Å².